The van der Waals surface area contributed by atoms with Gasteiger partial charge in [-0.1, -0.05) is 11.6 Å². The van der Waals surface area contributed by atoms with E-state index in [0.717, 1.165) is 10.7 Å². The second kappa shape index (κ2) is 7.38. The van der Waals surface area contributed by atoms with Crippen LogP contribution in [0.25, 0.3) is 11.5 Å². The first kappa shape index (κ1) is 18.3. The van der Waals surface area contributed by atoms with Crippen molar-refractivity contribution in [1.82, 2.24) is 9.78 Å². The molecule has 0 radical (unpaired) electrons. The van der Waals surface area contributed by atoms with Gasteiger partial charge in [-0.05, 0) is 30.3 Å². The molecule has 0 bridgehead atoms. The lowest BCUT2D eigenvalue weighted by atomic mass is 10.2. The summed E-state index contributed by atoms with van der Waals surface area (Å²) >= 11 is 5.90. The molecule has 0 aliphatic rings. The van der Waals surface area contributed by atoms with Crippen LogP contribution in [0.3, 0.4) is 0 Å². The molecule has 0 unspecified atom stereocenters. The van der Waals surface area contributed by atoms with Crippen molar-refractivity contribution in [3.63, 3.8) is 0 Å². The first-order valence-corrected chi connectivity index (χ1v) is 7.79. The number of nitrogens with one attached hydrogen (secondary N) is 1. The Morgan fingerprint density at radius 1 is 1.30 bits per heavy atom. The number of carbonyl (C=O) groups is 1. The van der Waals surface area contributed by atoms with E-state index in [1.165, 1.54) is 36.4 Å². The highest BCUT2D eigenvalue weighted by atomic mass is 35.5. The zero-order valence-corrected chi connectivity index (χ0v) is 14.1. The fraction of sp³-hybridized carbons (Fsp3) is 0.0625. The number of hydrogen-bond donors (Lipinski definition) is 1. The number of nitrogens with zero attached hydrogens (tertiary/aromatic N) is 3. The fourth-order valence-corrected chi connectivity index (χ4v) is 2.38. The summed E-state index contributed by atoms with van der Waals surface area (Å²) in [5.41, 5.74) is 0.281. The Labute approximate surface area is 155 Å². The molecule has 0 atom stereocenters. The van der Waals surface area contributed by atoms with Crippen molar-refractivity contribution >= 4 is 28.9 Å². The maximum absolute atomic E-state index is 12.9. The molecule has 0 saturated heterocycles. The van der Waals surface area contributed by atoms with Gasteiger partial charge in [0, 0.05) is 17.7 Å². The molecule has 1 aromatic heterocycles. The lowest BCUT2D eigenvalue weighted by Crippen LogP contribution is -2.26. The number of carbonyl (C=O) groups excluding carboxylic acids is 1. The number of nitro groups is 1. The first-order valence-electron chi connectivity index (χ1n) is 7.41. The molecule has 0 aliphatic heterocycles. The van der Waals surface area contributed by atoms with Gasteiger partial charge in [0.05, 0.1) is 15.6 Å². The molecule has 1 heterocycles. The number of nitro benzene ring substituents is 1. The molecule has 2 aromatic carbocycles. The molecule has 0 aliphatic carbocycles. The van der Waals surface area contributed by atoms with E-state index in [2.05, 4.69) is 10.4 Å². The van der Waals surface area contributed by atoms with Crippen molar-refractivity contribution in [2.24, 2.45) is 0 Å². The fourth-order valence-electron chi connectivity index (χ4n) is 2.16. The molecule has 1 N–H and O–H groups in total. The number of anilines is 1. The number of benzene rings is 2. The Hall–Kier alpha value is -3.53. The number of halogens is 2. The van der Waals surface area contributed by atoms with E-state index in [-0.39, 0.29) is 22.3 Å². The quantitative estimate of drug-likeness (QED) is 0.526. The Kier molecular flexibility index (Phi) is 4.99. The summed E-state index contributed by atoms with van der Waals surface area (Å²) in [6, 6.07) is 8.65. The highest BCUT2D eigenvalue weighted by Gasteiger charge is 2.15. The number of aromatic nitrogens is 2. The van der Waals surface area contributed by atoms with Crippen LogP contribution in [0.1, 0.15) is 0 Å². The third kappa shape index (κ3) is 4.18. The largest absolute Gasteiger partial charge is 0.437 e. The van der Waals surface area contributed by atoms with Gasteiger partial charge < -0.3 is 9.73 Å². The minimum Gasteiger partial charge on any atom is -0.388 e. The molecular formula is C16H10ClFN4O5. The zero-order chi connectivity index (χ0) is 19.6. The Bertz CT molecular complexity index is 1080. The lowest BCUT2D eigenvalue weighted by molar-refractivity contribution is -0.384. The SMILES string of the molecule is O=C(Cn1nc(-c2ccc(F)cc2)oc1=O)Nc1ccc([N+](=O)[O-])cc1Cl. The van der Waals surface area contributed by atoms with Crippen molar-refractivity contribution in [2.45, 2.75) is 6.54 Å². The molecule has 0 saturated carbocycles. The number of hydrogen-bond acceptors (Lipinski definition) is 6. The van der Waals surface area contributed by atoms with Crippen molar-refractivity contribution in [3.05, 3.63) is 74.0 Å². The van der Waals surface area contributed by atoms with Crippen molar-refractivity contribution < 1.29 is 18.5 Å². The van der Waals surface area contributed by atoms with Gasteiger partial charge in [-0.25, -0.2) is 9.18 Å². The maximum atomic E-state index is 12.9. The highest BCUT2D eigenvalue weighted by Crippen LogP contribution is 2.26. The van der Waals surface area contributed by atoms with E-state index in [1.807, 2.05) is 0 Å². The minimum absolute atomic E-state index is 0.0305. The van der Waals surface area contributed by atoms with Crippen LogP contribution < -0.4 is 11.1 Å². The summed E-state index contributed by atoms with van der Waals surface area (Å²) in [5, 5.41) is 17.0. The standard InChI is InChI=1S/C16H10ClFN4O5/c17-12-7-11(22(25)26)5-6-13(12)19-14(23)8-21-16(24)27-15(20-21)9-1-3-10(18)4-2-9/h1-7H,8H2,(H,19,23). The number of rotatable bonds is 5. The summed E-state index contributed by atoms with van der Waals surface area (Å²) in [5.74, 6) is -2.05. The molecule has 0 fully saturated rings. The topological polar surface area (TPSA) is 120 Å². The van der Waals surface area contributed by atoms with Crippen molar-refractivity contribution in [3.8, 4) is 11.5 Å². The van der Waals surface area contributed by atoms with Crippen LogP contribution in [0.5, 0.6) is 0 Å². The van der Waals surface area contributed by atoms with Crippen LogP contribution in [0, 0.1) is 15.9 Å². The summed E-state index contributed by atoms with van der Waals surface area (Å²) in [6.45, 7) is -0.475. The van der Waals surface area contributed by atoms with Crippen LogP contribution in [-0.4, -0.2) is 20.6 Å². The molecule has 27 heavy (non-hydrogen) atoms. The molecule has 3 rings (SSSR count). The molecule has 138 valence electrons. The summed E-state index contributed by atoms with van der Waals surface area (Å²) in [7, 11) is 0. The van der Waals surface area contributed by atoms with Gasteiger partial charge in [-0.3, -0.25) is 14.9 Å². The van der Waals surface area contributed by atoms with Crippen LogP contribution in [0.15, 0.2) is 51.7 Å². The average molecular weight is 393 g/mol. The van der Waals surface area contributed by atoms with Gasteiger partial charge in [0.15, 0.2) is 0 Å². The summed E-state index contributed by atoms with van der Waals surface area (Å²) in [6.07, 6.45) is 0. The lowest BCUT2D eigenvalue weighted by Gasteiger charge is -2.06. The maximum Gasteiger partial charge on any atom is 0.437 e. The normalized spacial score (nSPS) is 10.6. The minimum atomic E-state index is -0.876. The summed E-state index contributed by atoms with van der Waals surface area (Å²) in [4.78, 5) is 34.0. The monoisotopic (exact) mass is 392 g/mol. The number of non-ortho nitro benzene ring substituents is 1. The summed E-state index contributed by atoms with van der Waals surface area (Å²) < 4.78 is 18.7. The van der Waals surface area contributed by atoms with E-state index in [4.69, 9.17) is 16.0 Å². The highest BCUT2D eigenvalue weighted by molar-refractivity contribution is 6.33. The van der Waals surface area contributed by atoms with E-state index >= 15 is 0 Å². The van der Waals surface area contributed by atoms with Crippen molar-refractivity contribution in [1.29, 1.82) is 0 Å². The van der Waals surface area contributed by atoms with Gasteiger partial charge in [0.2, 0.25) is 11.8 Å². The molecule has 1 amide bonds. The second-order valence-electron chi connectivity index (χ2n) is 5.31. The molecule has 9 nitrogen and oxygen atoms in total. The van der Waals surface area contributed by atoms with Crippen LogP contribution in [0.2, 0.25) is 5.02 Å². The van der Waals surface area contributed by atoms with Gasteiger partial charge in [-0.2, -0.15) is 4.68 Å². The van der Waals surface area contributed by atoms with E-state index in [1.54, 1.807) is 0 Å². The van der Waals surface area contributed by atoms with Crippen LogP contribution >= 0.6 is 11.6 Å². The molecule has 11 heteroatoms. The first-order chi connectivity index (χ1) is 12.8. The van der Waals surface area contributed by atoms with Gasteiger partial charge in [-0.15, -0.1) is 5.10 Å². The third-order valence-corrected chi connectivity index (χ3v) is 3.74. The number of amides is 1. The average Bonchev–Trinajstić information content (AvgIpc) is 2.97. The predicted molar refractivity (Wildman–Crippen MR) is 92.9 cm³/mol. The Balaban J connectivity index is 1.74. The van der Waals surface area contributed by atoms with E-state index < -0.39 is 28.9 Å². The van der Waals surface area contributed by atoms with Gasteiger partial charge in [0.25, 0.3) is 5.69 Å². The Morgan fingerprint density at radius 3 is 2.63 bits per heavy atom. The van der Waals surface area contributed by atoms with Gasteiger partial charge in [0.1, 0.15) is 12.4 Å². The van der Waals surface area contributed by atoms with E-state index in [0.29, 0.717) is 5.56 Å². The molecule has 3 aromatic rings. The zero-order valence-electron chi connectivity index (χ0n) is 13.4. The second-order valence-corrected chi connectivity index (χ2v) is 5.71. The van der Waals surface area contributed by atoms with Crippen LogP contribution in [0.4, 0.5) is 15.8 Å². The van der Waals surface area contributed by atoms with Crippen molar-refractivity contribution in [2.75, 3.05) is 5.32 Å². The Morgan fingerprint density at radius 2 is 2.00 bits per heavy atom. The predicted octanol–water partition coefficient (Wildman–Crippen LogP) is 2.84. The molecular weight excluding hydrogens is 383 g/mol. The smallest absolute Gasteiger partial charge is 0.388 e. The molecule has 0 spiro atoms. The third-order valence-electron chi connectivity index (χ3n) is 3.43. The van der Waals surface area contributed by atoms with E-state index in [9.17, 15) is 24.1 Å². The van der Waals surface area contributed by atoms with Crippen LogP contribution in [-0.2, 0) is 11.3 Å². The van der Waals surface area contributed by atoms with Gasteiger partial charge >= 0.3 is 5.76 Å².